The van der Waals surface area contributed by atoms with E-state index < -0.39 is 0 Å². The maximum atomic E-state index is 12.9. The molecule has 1 atom stereocenters. The first kappa shape index (κ1) is 15.7. The summed E-state index contributed by atoms with van der Waals surface area (Å²) in [6.45, 7) is 4.93. The molecule has 1 aliphatic heterocycles. The predicted molar refractivity (Wildman–Crippen MR) is 91.7 cm³/mol. The van der Waals surface area contributed by atoms with E-state index in [9.17, 15) is 4.79 Å². The highest BCUT2D eigenvalue weighted by atomic mass is 16.2. The van der Waals surface area contributed by atoms with Crippen molar-refractivity contribution in [2.45, 2.75) is 45.2 Å². The van der Waals surface area contributed by atoms with Crippen LogP contribution in [0.15, 0.2) is 24.3 Å². The molecule has 1 aliphatic rings. The van der Waals surface area contributed by atoms with Crippen molar-refractivity contribution in [3.8, 4) is 0 Å². The molecule has 0 aliphatic carbocycles. The Balaban J connectivity index is 1.56. The summed E-state index contributed by atoms with van der Waals surface area (Å²) >= 11 is 0. The smallest absolute Gasteiger partial charge is 0.245 e. The number of para-hydroxylation sites is 2. The summed E-state index contributed by atoms with van der Waals surface area (Å²) in [5.74, 6) is 1.78. The zero-order valence-electron chi connectivity index (χ0n) is 14.4. The lowest BCUT2D eigenvalue weighted by molar-refractivity contribution is -0.133. The molecule has 8 nitrogen and oxygen atoms in total. The Bertz CT molecular complexity index is 864. The largest absolute Gasteiger partial charge is 0.340 e. The van der Waals surface area contributed by atoms with Gasteiger partial charge in [-0.25, -0.2) is 9.67 Å². The number of amides is 1. The second kappa shape index (κ2) is 6.27. The fraction of sp³-hybridized carbons (Fsp3) is 0.471. The molecule has 1 unspecified atom stereocenters. The molecule has 4 rings (SSSR count). The molecular formula is C17H21N7O. The molecule has 8 heteroatoms. The summed E-state index contributed by atoms with van der Waals surface area (Å²) in [7, 11) is 0. The van der Waals surface area contributed by atoms with Gasteiger partial charge in [0.1, 0.15) is 12.4 Å². The van der Waals surface area contributed by atoms with Crippen LogP contribution in [0.4, 0.5) is 0 Å². The number of nitrogens with zero attached hydrogens (tertiary/aromatic N) is 6. The standard InChI is InChI=1S/C17H21N7O/c1-11(2)17-20-21-22-24(17)10-15(25)23-9-5-8-14(23)16-18-12-6-3-4-7-13(12)19-16/h3-4,6-7,11,14H,5,8-10H2,1-2H3,(H,18,19). The number of rotatable bonds is 4. The average molecular weight is 339 g/mol. The summed E-state index contributed by atoms with van der Waals surface area (Å²) < 4.78 is 1.60. The molecule has 25 heavy (non-hydrogen) atoms. The van der Waals surface area contributed by atoms with Gasteiger partial charge in [0.05, 0.1) is 17.1 Å². The molecule has 0 bridgehead atoms. The van der Waals surface area contributed by atoms with E-state index in [0.717, 1.165) is 42.1 Å². The SMILES string of the molecule is CC(C)c1nnnn1CC(=O)N1CCCC1c1nc2ccccc2[nH]1. The first-order chi connectivity index (χ1) is 12.1. The van der Waals surface area contributed by atoms with Crippen molar-refractivity contribution in [2.24, 2.45) is 0 Å². The molecule has 3 aromatic rings. The van der Waals surface area contributed by atoms with Gasteiger partial charge in [-0.05, 0) is 35.4 Å². The van der Waals surface area contributed by atoms with Crippen LogP contribution in [0.1, 0.15) is 50.3 Å². The Kier molecular flexibility index (Phi) is 3.95. The van der Waals surface area contributed by atoms with Crippen molar-refractivity contribution in [1.29, 1.82) is 0 Å². The van der Waals surface area contributed by atoms with E-state index in [1.54, 1.807) is 4.68 Å². The third-order valence-corrected chi connectivity index (χ3v) is 4.66. The highest BCUT2D eigenvalue weighted by molar-refractivity contribution is 5.78. The third kappa shape index (κ3) is 2.88. The van der Waals surface area contributed by atoms with Crippen LogP contribution in [0.25, 0.3) is 11.0 Å². The fourth-order valence-corrected chi connectivity index (χ4v) is 3.44. The maximum absolute atomic E-state index is 12.9. The van der Waals surface area contributed by atoms with Crippen molar-refractivity contribution < 1.29 is 4.79 Å². The number of aromatic nitrogens is 6. The van der Waals surface area contributed by atoms with Gasteiger partial charge in [-0.1, -0.05) is 26.0 Å². The van der Waals surface area contributed by atoms with Gasteiger partial charge in [0.2, 0.25) is 5.91 Å². The lowest BCUT2D eigenvalue weighted by Gasteiger charge is -2.23. The highest BCUT2D eigenvalue weighted by Crippen LogP contribution is 2.31. The monoisotopic (exact) mass is 339 g/mol. The highest BCUT2D eigenvalue weighted by Gasteiger charge is 2.32. The topological polar surface area (TPSA) is 92.6 Å². The number of H-pyrrole nitrogens is 1. The van der Waals surface area contributed by atoms with Gasteiger partial charge in [0, 0.05) is 12.5 Å². The van der Waals surface area contributed by atoms with Gasteiger partial charge < -0.3 is 9.88 Å². The molecule has 1 fully saturated rings. The lowest BCUT2D eigenvalue weighted by Crippen LogP contribution is -2.34. The summed E-state index contributed by atoms with van der Waals surface area (Å²) in [6, 6.07) is 7.91. The van der Waals surface area contributed by atoms with Gasteiger partial charge in [-0.15, -0.1) is 5.10 Å². The van der Waals surface area contributed by atoms with Crippen LogP contribution in [-0.2, 0) is 11.3 Å². The van der Waals surface area contributed by atoms with Gasteiger partial charge >= 0.3 is 0 Å². The zero-order chi connectivity index (χ0) is 17.4. The summed E-state index contributed by atoms with van der Waals surface area (Å²) in [5, 5.41) is 11.7. The minimum Gasteiger partial charge on any atom is -0.340 e. The molecule has 0 saturated carbocycles. The van der Waals surface area contributed by atoms with Gasteiger partial charge in [-0.3, -0.25) is 4.79 Å². The number of carbonyl (C=O) groups excluding carboxylic acids is 1. The Morgan fingerprint density at radius 2 is 2.20 bits per heavy atom. The molecular weight excluding hydrogens is 318 g/mol. The number of tetrazole rings is 1. The van der Waals surface area contributed by atoms with E-state index in [-0.39, 0.29) is 24.4 Å². The number of fused-ring (bicyclic) bond motifs is 1. The van der Waals surface area contributed by atoms with Crippen LogP contribution in [-0.4, -0.2) is 47.5 Å². The number of nitrogens with one attached hydrogen (secondary N) is 1. The molecule has 0 spiro atoms. The van der Waals surface area contributed by atoms with Crippen molar-refractivity contribution in [3.05, 3.63) is 35.9 Å². The minimum atomic E-state index is -0.0149. The molecule has 1 aromatic carbocycles. The van der Waals surface area contributed by atoms with Crippen molar-refractivity contribution >= 4 is 16.9 Å². The van der Waals surface area contributed by atoms with E-state index in [0.29, 0.717) is 0 Å². The number of carbonyl (C=O) groups is 1. The Labute approximate surface area is 145 Å². The molecule has 1 N–H and O–H groups in total. The Morgan fingerprint density at radius 3 is 3.00 bits per heavy atom. The van der Waals surface area contributed by atoms with Crippen molar-refractivity contribution in [1.82, 2.24) is 35.1 Å². The third-order valence-electron chi connectivity index (χ3n) is 4.66. The quantitative estimate of drug-likeness (QED) is 0.785. The molecule has 1 amide bonds. The van der Waals surface area contributed by atoms with Crippen LogP contribution in [0, 0.1) is 0 Å². The van der Waals surface area contributed by atoms with Crippen LogP contribution < -0.4 is 0 Å². The maximum Gasteiger partial charge on any atom is 0.245 e. The van der Waals surface area contributed by atoms with E-state index in [1.165, 1.54) is 0 Å². The molecule has 3 heterocycles. The molecule has 2 aromatic heterocycles. The van der Waals surface area contributed by atoms with Crippen LogP contribution in [0.5, 0.6) is 0 Å². The number of benzene rings is 1. The molecule has 130 valence electrons. The van der Waals surface area contributed by atoms with E-state index in [4.69, 9.17) is 0 Å². The number of hydrogen-bond donors (Lipinski definition) is 1. The van der Waals surface area contributed by atoms with Crippen LogP contribution in [0.2, 0.25) is 0 Å². The predicted octanol–water partition coefficient (Wildman–Crippen LogP) is 2.04. The van der Waals surface area contributed by atoms with Gasteiger partial charge in [-0.2, -0.15) is 0 Å². The van der Waals surface area contributed by atoms with Crippen LogP contribution in [0.3, 0.4) is 0 Å². The van der Waals surface area contributed by atoms with E-state index in [1.807, 2.05) is 43.0 Å². The Morgan fingerprint density at radius 1 is 1.36 bits per heavy atom. The van der Waals surface area contributed by atoms with Crippen molar-refractivity contribution in [3.63, 3.8) is 0 Å². The normalized spacial score (nSPS) is 17.7. The van der Waals surface area contributed by atoms with Gasteiger partial charge in [0.15, 0.2) is 5.82 Å². The first-order valence-electron chi connectivity index (χ1n) is 8.63. The van der Waals surface area contributed by atoms with Crippen LogP contribution >= 0.6 is 0 Å². The first-order valence-corrected chi connectivity index (χ1v) is 8.63. The van der Waals surface area contributed by atoms with E-state index in [2.05, 4.69) is 25.5 Å². The zero-order valence-corrected chi connectivity index (χ0v) is 14.4. The second-order valence-corrected chi connectivity index (χ2v) is 6.73. The Hall–Kier alpha value is -2.77. The molecule has 1 saturated heterocycles. The van der Waals surface area contributed by atoms with Gasteiger partial charge in [0.25, 0.3) is 0 Å². The second-order valence-electron chi connectivity index (χ2n) is 6.73. The molecule has 0 radical (unpaired) electrons. The number of imidazole rings is 1. The van der Waals surface area contributed by atoms with E-state index >= 15 is 0 Å². The fourth-order valence-electron chi connectivity index (χ4n) is 3.44. The summed E-state index contributed by atoms with van der Waals surface area (Å²) in [4.78, 5) is 22.8. The number of aromatic amines is 1. The summed E-state index contributed by atoms with van der Waals surface area (Å²) in [5.41, 5.74) is 1.93. The summed E-state index contributed by atoms with van der Waals surface area (Å²) in [6.07, 6.45) is 1.89. The average Bonchev–Trinajstić information content (AvgIpc) is 3.32. The lowest BCUT2D eigenvalue weighted by atomic mass is 10.2. The number of hydrogen-bond acceptors (Lipinski definition) is 5. The number of likely N-dealkylation sites (tertiary alicyclic amines) is 1. The minimum absolute atomic E-state index is 0.0149. The van der Waals surface area contributed by atoms with Crippen molar-refractivity contribution in [2.75, 3.05) is 6.54 Å².